The highest BCUT2D eigenvalue weighted by molar-refractivity contribution is 5.75. The second-order valence-electron chi connectivity index (χ2n) is 4.16. The van der Waals surface area contributed by atoms with Gasteiger partial charge in [-0.2, -0.15) is 0 Å². The minimum Gasteiger partial charge on any atom is -0.468 e. The Hall–Kier alpha value is -0.610. The van der Waals surface area contributed by atoms with E-state index in [2.05, 4.69) is 16.6 Å². The maximum Gasteiger partial charge on any atom is 0.323 e. The fourth-order valence-electron chi connectivity index (χ4n) is 2.28. The molecule has 0 aromatic rings. The highest BCUT2D eigenvalue weighted by atomic mass is 16.5. The van der Waals surface area contributed by atoms with Crippen molar-refractivity contribution in [2.75, 3.05) is 20.2 Å². The highest BCUT2D eigenvalue weighted by Gasteiger charge is 2.25. The van der Waals surface area contributed by atoms with Gasteiger partial charge in [0.25, 0.3) is 0 Å². The summed E-state index contributed by atoms with van der Waals surface area (Å²) in [6.45, 7) is 3.69. The van der Waals surface area contributed by atoms with Crippen molar-refractivity contribution < 1.29 is 9.53 Å². The average Bonchev–Trinajstić information content (AvgIpc) is 2.77. The topological polar surface area (TPSA) is 55.6 Å². The van der Waals surface area contributed by atoms with Crippen LogP contribution in [0.3, 0.4) is 0 Å². The van der Waals surface area contributed by atoms with E-state index < -0.39 is 6.04 Å². The number of rotatable bonds is 5. The fraction of sp³-hybridized carbons (Fsp3) is 0.909. The van der Waals surface area contributed by atoms with E-state index in [1.54, 1.807) is 0 Å². The van der Waals surface area contributed by atoms with Crippen LogP contribution in [0.5, 0.6) is 0 Å². The molecule has 1 unspecified atom stereocenters. The van der Waals surface area contributed by atoms with Crippen molar-refractivity contribution in [3.05, 3.63) is 0 Å². The number of methoxy groups -OCH3 is 1. The van der Waals surface area contributed by atoms with Crippen molar-refractivity contribution in [3.63, 3.8) is 0 Å². The van der Waals surface area contributed by atoms with Gasteiger partial charge in [0.05, 0.1) is 7.11 Å². The Morgan fingerprint density at radius 1 is 1.53 bits per heavy atom. The quantitative estimate of drug-likeness (QED) is 0.686. The van der Waals surface area contributed by atoms with Crippen LogP contribution in [0.15, 0.2) is 0 Å². The number of esters is 1. The van der Waals surface area contributed by atoms with Gasteiger partial charge in [-0.05, 0) is 19.4 Å². The molecule has 88 valence electrons. The number of likely N-dealkylation sites (N-methyl/N-ethyl adjacent to an activating group) is 1. The molecule has 0 spiro atoms. The summed E-state index contributed by atoms with van der Waals surface area (Å²) in [4.78, 5) is 13.5. The van der Waals surface area contributed by atoms with Crippen LogP contribution in [0.1, 0.15) is 32.6 Å². The van der Waals surface area contributed by atoms with Crippen LogP contribution < -0.4 is 5.73 Å². The molecule has 4 heteroatoms. The molecule has 1 aliphatic rings. The first-order chi connectivity index (χ1) is 7.19. The van der Waals surface area contributed by atoms with Gasteiger partial charge in [-0.3, -0.25) is 9.69 Å². The predicted molar refractivity (Wildman–Crippen MR) is 59.5 cm³/mol. The number of carbonyl (C=O) groups excluding carboxylic acids is 1. The number of nitrogens with zero attached hydrogens (tertiary/aromatic N) is 1. The Morgan fingerprint density at radius 3 is 2.60 bits per heavy atom. The zero-order valence-electron chi connectivity index (χ0n) is 9.74. The van der Waals surface area contributed by atoms with E-state index in [9.17, 15) is 4.79 Å². The molecule has 0 radical (unpaired) electrons. The van der Waals surface area contributed by atoms with Gasteiger partial charge in [0.2, 0.25) is 0 Å². The van der Waals surface area contributed by atoms with Crippen LogP contribution in [-0.2, 0) is 9.53 Å². The minimum absolute atomic E-state index is 0.313. The number of carbonyl (C=O) groups is 1. The molecule has 0 aromatic carbocycles. The van der Waals surface area contributed by atoms with Crippen LogP contribution >= 0.6 is 0 Å². The normalized spacial score (nSPS) is 19.5. The van der Waals surface area contributed by atoms with Crippen molar-refractivity contribution in [3.8, 4) is 0 Å². The molecular weight excluding hydrogens is 192 g/mol. The maximum absolute atomic E-state index is 11.2. The molecule has 1 saturated carbocycles. The second kappa shape index (κ2) is 6.08. The maximum atomic E-state index is 11.2. The first kappa shape index (κ1) is 12.5. The highest BCUT2D eigenvalue weighted by Crippen LogP contribution is 2.23. The van der Waals surface area contributed by atoms with Gasteiger partial charge >= 0.3 is 5.97 Å². The largest absolute Gasteiger partial charge is 0.468 e. The molecule has 2 N–H and O–H groups in total. The molecule has 1 rings (SSSR count). The number of nitrogens with two attached hydrogens (primary N) is 1. The smallest absolute Gasteiger partial charge is 0.323 e. The summed E-state index contributed by atoms with van der Waals surface area (Å²) in [6, 6.07) is 0.112. The van der Waals surface area contributed by atoms with E-state index in [0.717, 1.165) is 6.54 Å². The molecule has 0 saturated heterocycles. The average molecular weight is 214 g/mol. The van der Waals surface area contributed by atoms with E-state index in [0.29, 0.717) is 12.6 Å². The molecular formula is C11H22N2O2. The number of hydrogen-bond donors (Lipinski definition) is 1. The first-order valence-electron chi connectivity index (χ1n) is 5.76. The van der Waals surface area contributed by atoms with E-state index in [1.807, 2.05) is 0 Å². The van der Waals surface area contributed by atoms with Gasteiger partial charge in [-0.1, -0.05) is 19.8 Å². The minimum atomic E-state index is -0.504. The molecule has 1 fully saturated rings. The first-order valence-corrected chi connectivity index (χ1v) is 5.76. The Morgan fingerprint density at radius 2 is 2.13 bits per heavy atom. The van der Waals surface area contributed by atoms with Crippen LogP contribution in [-0.4, -0.2) is 43.2 Å². The lowest BCUT2D eigenvalue weighted by Crippen LogP contribution is -2.46. The zero-order chi connectivity index (χ0) is 11.3. The SMILES string of the molecule is CCN(CC(N)C(=O)OC)C1CCCC1. The summed E-state index contributed by atoms with van der Waals surface area (Å²) in [5, 5.41) is 0. The molecule has 0 aromatic heterocycles. The van der Waals surface area contributed by atoms with Crippen LogP contribution in [0.25, 0.3) is 0 Å². The molecule has 15 heavy (non-hydrogen) atoms. The van der Waals surface area contributed by atoms with Crippen molar-refractivity contribution in [2.45, 2.75) is 44.7 Å². The van der Waals surface area contributed by atoms with E-state index in [1.165, 1.54) is 32.8 Å². The molecule has 4 nitrogen and oxygen atoms in total. The molecule has 0 aliphatic heterocycles. The Kier molecular flexibility index (Phi) is 5.05. The zero-order valence-corrected chi connectivity index (χ0v) is 9.74. The van der Waals surface area contributed by atoms with Crippen molar-refractivity contribution in [1.82, 2.24) is 4.90 Å². The summed E-state index contributed by atoms with van der Waals surface area (Å²) in [6.07, 6.45) is 5.08. The van der Waals surface area contributed by atoms with Crippen molar-refractivity contribution in [1.29, 1.82) is 0 Å². The Bertz CT molecular complexity index is 203. The third-order valence-electron chi connectivity index (χ3n) is 3.18. The van der Waals surface area contributed by atoms with Crippen LogP contribution in [0.2, 0.25) is 0 Å². The van der Waals surface area contributed by atoms with Gasteiger partial charge in [-0.15, -0.1) is 0 Å². The summed E-state index contributed by atoms with van der Waals surface area (Å²) in [5.74, 6) is -0.313. The second-order valence-corrected chi connectivity index (χ2v) is 4.16. The Balaban J connectivity index is 2.41. The standard InChI is InChI=1S/C11H22N2O2/c1-3-13(9-6-4-5-7-9)8-10(12)11(14)15-2/h9-10H,3-8,12H2,1-2H3. The van der Waals surface area contributed by atoms with Gasteiger partial charge in [0.15, 0.2) is 0 Å². The third-order valence-corrected chi connectivity index (χ3v) is 3.18. The van der Waals surface area contributed by atoms with Crippen molar-refractivity contribution >= 4 is 5.97 Å². The van der Waals surface area contributed by atoms with Gasteiger partial charge < -0.3 is 10.5 Å². The lowest BCUT2D eigenvalue weighted by molar-refractivity contribution is -0.142. The molecule has 0 heterocycles. The number of ether oxygens (including phenoxy) is 1. The number of hydrogen-bond acceptors (Lipinski definition) is 4. The van der Waals surface area contributed by atoms with Crippen molar-refractivity contribution in [2.24, 2.45) is 5.73 Å². The fourth-order valence-corrected chi connectivity index (χ4v) is 2.28. The summed E-state index contributed by atoms with van der Waals surface area (Å²) >= 11 is 0. The predicted octanol–water partition coefficient (Wildman–Crippen LogP) is 0.751. The van der Waals surface area contributed by atoms with E-state index in [4.69, 9.17) is 5.73 Å². The van der Waals surface area contributed by atoms with Gasteiger partial charge in [0.1, 0.15) is 6.04 Å². The lowest BCUT2D eigenvalue weighted by atomic mass is 10.2. The van der Waals surface area contributed by atoms with Crippen LogP contribution in [0, 0.1) is 0 Å². The third kappa shape index (κ3) is 3.47. The molecule has 0 bridgehead atoms. The summed E-state index contributed by atoms with van der Waals surface area (Å²) in [7, 11) is 1.38. The van der Waals surface area contributed by atoms with Gasteiger partial charge in [-0.25, -0.2) is 0 Å². The van der Waals surface area contributed by atoms with Gasteiger partial charge in [0, 0.05) is 12.6 Å². The van der Waals surface area contributed by atoms with Crippen LogP contribution in [0.4, 0.5) is 0 Å². The molecule has 0 amide bonds. The Labute approximate surface area is 91.8 Å². The summed E-state index contributed by atoms with van der Waals surface area (Å²) < 4.78 is 4.63. The van der Waals surface area contributed by atoms with E-state index in [-0.39, 0.29) is 5.97 Å². The monoisotopic (exact) mass is 214 g/mol. The molecule has 1 atom stereocenters. The molecule has 1 aliphatic carbocycles. The lowest BCUT2D eigenvalue weighted by Gasteiger charge is -2.29. The van der Waals surface area contributed by atoms with E-state index >= 15 is 0 Å². The summed E-state index contributed by atoms with van der Waals surface area (Å²) in [5.41, 5.74) is 5.76.